The molecule has 0 aliphatic rings. The highest BCUT2D eigenvalue weighted by atomic mass is 32.2. The maximum absolute atomic E-state index is 12.2. The molecule has 0 saturated carbocycles. The smallest absolute Gasteiger partial charge is 0.249 e. The Bertz CT molecular complexity index is 1130. The minimum absolute atomic E-state index is 0. The van der Waals surface area contributed by atoms with Crippen molar-refractivity contribution in [3.8, 4) is 12.4 Å². The van der Waals surface area contributed by atoms with Gasteiger partial charge >= 0.3 is 12.4 Å². The number of alkyl halides is 6. The fourth-order valence-electron chi connectivity index (χ4n) is 1.70. The Kier molecular flexibility index (Phi) is 11.4. The van der Waals surface area contributed by atoms with Crippen LogP contribution in [0.25, 0.3) is 0 Å². The third-order valence-electron chi connectivity index (χ3n) is 2.78. The lowest BCUT2D eigenvalue weighted by Crippen LogP contribution is -2.03. The first kappa shape index (κ1) is 29.9. The van der Waals surface area contributed by atoms with Gasteiger partial charge in [0.2, 0.25) is 12.4 Å². The molecule has 0 radical (unpaired) electrons. The highest BCUT2D eigenvalue weighted by molar-refractivity contribution is 7.92. The van der Waals surface area contributed by atoms with Crippen LogP contribution in [0.4, 0.5) is 26.3 Å². The molecule has 2 unspecified atom stereocenters. The van der Waals surface area contributed by atoms with Gasteiger partial charge in [0.1, 0.15) is 0 Å². The lowest BCUT2D eigenvalue weighted by atomic mass is 10.6. The molecule has 7 nitrogen and oxygen atoms in total. The lowest BCUT2D eigenvalue weighted by molar-refractivity contribution is -0.138. The Hall–Kier alpha value is -2.08. The van der Waals surface area contributed by atoms with Crippen LogP contribution in [0.1, 0.15) is 27.2 Å². The fraction of sp³-hybridized carbons (Fsp3) is 0.467. The number of nitrogens with zero attached hydrogens (tertiary/aromatic N) is 6. The van der Waals surface area contributed by atoms with E-state index in [1.54, 1.807) is 12.4 Å². The van der Waals surface area contributed by atoms with Gasteiger partial charge < -0.3 is 0 Å². The summed E-state index contributed by atoms with van der Waals surface area (Å²) >= 11 is 1.00. The molecule has 0 N–H and O–H groups in total. The first-order valence-electron chi connectivity index (χ1n) is 7.52. The molecule has 0 saturated heterocycles. The summed E-state index contributed by atoms with van der Waals surface area (Å²) in [6.07, 6.45) is -0.792. The molecule has 0 bridgehead atoms. The molecule has 0 amide bonds. The SMILES string of the molecule is C.CS(=O)(Cc1cnc(C(F)(F)F)s1)=NC#N.CS(Cc1cnc(C(F)(F)F)s1)=NC#N. The van der Waals surface area contributed by atoms with E-state index >= 15 is 0 Å². The minimum Gasteiger partial charge on any atom is -0.249 e. The second-order valence-corrected chi connectivity index (χ2v) is 11.8. The standard InChI is InChI=1S/C7H6F3N3OS2.C7H6F3N3S2.CH4/c1-16(14,13-4-11)3-5-2-12-6(15-5)7(8,9)10;1-15(13-4-11)3-5-2-12-6(14-5)7(8,9)10;/h2H,3H2,1H3;2H,3H2,1H3;1H4. The summed E-state index contributed by atoms with van der Waals surface area (Å²) in [6.45, 7) is 0. The summed E-state index contributed by atoms with van der Waals surface area (Å²) < 4.78 is 91.2. The predicted molar refractivity (Wildman–Crippen MR) is 112 cm³/mol. The Morgan fingerprint density at radius 1 is 1.03 bits per heavy atom. The van der Waals surface area contributed by atoms with Gasteiger partial charge in [0, 0.05) is 34.2 Å². The van der Waals surface area contributed by atoms with Crippen LogP contribution in [0.15, 0.2) is 21.1 Å². The summed E-state index contributed by atoms with van der Waals surface area (Å²) in [5.74, 6) is 0.135. The molecule has 0 aliphatic heterocycles. The van der Waals surface area contributed by atoms with Crippen LogP contribution < -0.4 is 0 Å². The van der Waals surface area contributed by atoms with E-state index in [2.05, 4.69) is 18.7 Å². The van der Waals surface area contributed by atoms with Gasteiger partial charge in [-0.1, -0.05) is 18.1 Å². The first-order valence-corrected chi connectivity index (χ1v) is 13.0. The van der Waals surface area contributed by atoms with E-state index in [0.29, 0.717) is 33.3 Å². The van der Waals surface area contributed by atoms with Crippen molar-refractivity contribution < 1.29 is 30.6 Å². The topological polar surface area (TPSA) is 115 Å². The highest BCUT2D eigenvalue weighted by Gasteiger charge is 2.35. The third-order valence-corrected chi connectivity index (χ3v) is 7.67. The Morgan fingerprint density at radius 2 is 1.50 bits per heavy atom. The van der Waals surface area contributed by atoms with Gasteiger partial charge in [-0.25, -0.2) is 14.2 Å². The summed E-state index contributed by atoms with van der Waals surface area (Å²) in [5.41, 5.74) is 0. The molecule has 0 spiro atoms. The molecule has 2 aromatic rings. The highest BCUT2D eigenvalue weighted by Crippen LogP contribution is 2.33. The van der Waals surface area contributed by atoms with Crippen LogP contribution >= 0.6 is 22.7 Å². The van der Waals surface area contributed by atoms with Crippen molar-refractivity contribution >= 4 is 43.1 Å². The maximum atomic E-state index is 12.2. The van der Waals surface area contributed by atoms with E-state index < -0.39 is 42.8 Å². The van der Waals surface area contributed by atoms with Gasteiger partial charge in [-0.2, -0.15) is 41.2 Å². The van der Waals surface area contributed by atoms with Crippen molar-refractivity contribution in [2.45, 2.75) is 31.3 Å². The first-order chi connectivity index (χ1) is 14.2. The third kappa shape index (κ3) is 10.5. The summed E-state index contributed by atoms with van der Waals surface area (Å²) in [7, 11) is -3.37. The van der Waals surface area contributed by atoms with Crippen LogP contribution in [0.2, 0.25) is 0 Å². The predicted octanol–water partition coefficient (Wildman–Crippen LogP) is 5.45. The Labute approximate surface area is 191 Å². The summed E-state index contributed by atoms with van der Waals surface area (Å²) in [6, 6.07) is 0. The van der Waals surface area contributed by atoms with Crippen LogP contribution in [-0.2, 0) is 44.3 Å². The van der Waals surface area contributed by atoms with E-state index in [4.69, 9.17) is 10.5 Å². The minimum atomic E-state index is -4.50. The molecule has 2 heterocycles. The number of hydrogen-bond acceptors (Lipinski definition) is 9. The second kappa shape index (κ2) is 12.2. The van der Waals surface area contributed by atoms with Gasteiger partial charge in [0.05, 0.1) is 15.5 Å². The molecule has 2 aromatic heterocycles. The average Bonchev–Trinajstić information content (AvgIpc) is 3.24. The van der Waals surface area contributed by atoms with Crippen molar-refractivity contribution in [3.05, 3.63) is 32.2 Å². The number of aromatic nitrogens is 2. The molecule has 2 atom stereocenters. The number of hydrogen-bond donors (Lipinski definition) is 0. The Morgan fingerprint density at radius 3 is 1.91 bits per heavy atom. The molecule has 17 heteroatoms. The van der Waals surface area contributed by atoms with Crippen molar-refractivity contribution in [1.82, 2.24) is 9.97 Å². The number of nitriles is 2. The molecule has 0 aliphatic carbocycles. The van der Waals surface area contributed by atoms with Crippen molar-refractivity contribution in [3.63, 3.8) is 0 Å². The number of halogens is 6. The van der Waals surface area contributed by atoms with Gasteiger partial charge in [0.25, 0.3) is 0 Å². The molecular formula is C15H16F6N6OS4. The zero-order valence-corrected chi connectivity index (χ0v) is 18.8. The van der Waals surface area contributed by atoms with Gasteiger partial charge in [-0.3, -0.25) is 0 Å². The summed E-state index contributed by atoms with van der Waals surface area (Å²) in [5, 5.41) is 14.6. The van der Waals surface area contributed by atoms with Crippen molar-refractivity contribution in [2.75, 3.05) is 12.5 Å². The van der Waals surface area contributed by atoms with Crippen LogP contribution in [-0.4, -0.2) is 26.7 Å². The molecule has 0 fully saturated rings. The van der Waals surface area contributed by atoms with Crippen LogP contribution in [0.5, 0.6) is 0 Å². The zero-order valence-electron chi connectivity index (χ0n) is 15.6. The molecule has 178 valence electrons. The zero-order chi connectivity index (χ0) is 23.9. The quantitative estimate of drug-likeness (QED) is 0.379. The van der Waals surface area contributed by atoms with E-state index in [-0.39, 0.29) is 18.1 Å². The monoisotopic (exact) mass is 538 g/mol. The normalized spacial score (nSPS) is 14.1. The van der Waals surface area contributed by atoms with Gasteiger partial charge in [-0.15, -0.1) is 27.0 Å². The number of rotatable bonds is 4. The van der Waals surface area contributed by atoms with E-state index in [1.807, 2.05) is 0 Å². The van der Waals surface area contributed by atoms with E-state index in [9.17, 15) is 30.6 Å². The molecule has 2 rings (SSSR count). The fourth-order valence-corrected chi connectivity index (χ4v) is 6.02. The van der Waals surface area contributed by atoms with E-state index in [1.165, 1.54) is 18.6 Å². The molecule has 32 heavy (non-hydrogen) atoms. The lowest BCUT2D eigenvalue weighted by Gasteiger charge is -1.99. The molecule has 0 aromatic carbocycles. The van der Waals surface area contributed by atoms with Gasteiger partial charge in [-0.05, 0) is 6.26 Å². The average molecular weight is 539 g/mol. The number of thiazole rings is 2. The van der Waals surface area contributed by atoms with Crippen molar-refractivity contribution in [2.24, 2.45) is 8.73 Å². The summed E-state index contributed by atoms with van der Waals surface area (Å²) in [4.78, 5) is 7.14. The van der Waals surface area contributed by atoms with E-state index in [0.717, 1.165) is 6.20 Å². The second-order valence-electron chi connectivity index (χ2n) is 5.49. The van der Waals surface area contributed by atoms with Crippen LogP contribution in [0, 0.1) is 22.9 Å². The maximum Gasteiger partial charge on any atom is 0.443 e. The van der Waals surface area contributed by atoms with Crippen molar-refractivity contribution in [1.29, 1.82) is 10.5 Å². The molecular weight excluding hydrogens is 522 g/mol. The van der Waals surface area contributed by atoms with Crippen LogP contribution in [0.3, 0.4) is 0 Å². The largest absolute Gasteiger partial charge is 0.443 e. The van der Waals surface area contributed by atoms with Gasteiger partial charge in [0.15, 0.2) is 10.0 Å². The Balaban J connectivity index is 0.000000584.